The van der Waals surface area contributed by atoms with Crippen molar-refractivity contribution in [1.29, 1.82) is 0 Å². The quantitative estimate of drug-likeness (QED) is 0.851. The van der Waals surface area contributed by atoms with Crippen LogP contribution in [-0.4, -0.2) is 17.5 Å². The van der Waals surface area contributed by atoms with E-state index >= 15 is 0 Å². The lowest BCUT2D eigenvalue weighted by Crippen LogP contribution is -2.27. The molecule has 0 saturated carbocycles. The van der Waals surface area contributed by atoms with Gasteiger partial charge in [0.15, 0.2) is 0 Å². The van der Waals surface area contributed by atoms with Crippen LogP contribution in [0.3, 0.4) is 0 Å². The van der Waals surface area contributed by atoms with Gasteiger partial charge in [-0.2, -0.15) is 0 Å². The summed E-state index contributed by atoms with van der Waals surface area (Å²) < 4.78 is 0. The molecule has 0 amide bonds. The molecular formula is C12H20N2S. The summed E-state index contributed by atoms with van der Waals surface area (Å²) in [6.45, 7) is 5.38. The summed E-state index contributed by atoms with van der Waals surface area (Å²) in [4.78, 5) is 5.39. The molecule has 1 saturated heterocycles. The largest absolute Gasteiger partial charge is 0.326 e. The molecule has 0 spiro atoms. The highest BCUT2D eigenvalue weighted by atomic mass is 32.1. The van der Waals surface area contributed by atoms with Crippen LogP contribution in [0.2, 0.25) is 0 Å². The summed E-state index contributed by atoms with van der Waals surface area (Å²) in [7, 11) is 0. The van der Waals surface area contributed by atoms with Gasteiger partial charge in [-0.05, 0) is 37.9 Å². The highest BCUT2D eigenvalue weighted by Gasteiger charge is 2.22. The molecule has 84 valence electrons. The van der Waals surface area contributed by atoms with Crippen LogP contribution < -0.4 is 5.73 Å². The lowest BCUT2D eigenvalue weighted by Gasteiger charge is -2.22. The fourth-order valence-electron chi connectivity index (χ4n) is 2.38. The van der Waals surface area contributed by atoms with Gasteiger partial charge in [0.1, 0.15) is 0 Å². The van der Waals surface area contributed by atoms with E-state index in [4.69, 9.17) is 5.73 Å². The Morgan fingerprint density at radius 1 is 1.47 bits per heavy atom. The zero-order valence-corrected chi connectivity index (χ0v) is 10.2. The zero-order valence-electron chi connectivity index (χ0n) is 9.41. The number of hydrogen-bond donors (Lipinski definition) is 1. The SMILES string of the molecule is CCC1CCCN1Cc1ccc(CN)s1. The first kappa shape index (κ1) is 11.1. The Morgan fingerprint density at radius 3 is 2.93 bits per heavy atom. The van der Waals surface area contributed by atoms with Gasteiger partial charge in [0, 0.05) is 28.9 Å². The molecule has 1 aromatic heterocycles. The van der Waals surface area contributed by atoms with Gasteiger partial charge in [0.2, 0.25) is 0 Å². The Hall–Kier alpha value is -0.380. The number of nitrogens with zero attached hydrogens (tertiary/aromatic N) is 1. The van der Waals surface area contributed by atoms with Crippen LogP contribution in [0.15, 0.2) is 12.1 Å². The smallest absolute Gasteiger partial charge is 0.0330 e. The van der Waals surface area contributed by atoms with Crippen LogP contribution in [-0.2, 0) is 13.1 Å². The van der Waals surface area contributed by atoms with Crippen LogP contribution in [0.4, 0.5) is 0 Å². The molecule has 1 aliphatic heterocycles. The molecule has 1 atom stereocenters. The fourth-order valence-corrected chi connectivity index (χ4v) is 3.31. The minimum atomic E-state index is 0.682. The van der Waals surface area contributed by atoms with Crippen molar-refractivity contribution in [2.75, 3.05) is 6.54 Å². The Balaban J connectivity index is 1.95. The van der Waals surface area contributed by atoms with Gasteiger partial charge in [-0.25, -0.2) is 0 Å². The molecule has 0 aromatic carbocycles. The summed E-state index contributed by atoms with van der Waals surface area (Å²) in [6, 6.07) is 5.21. The maximum atomic E-state index is 5.62. The Morgan fingerprint density at radius 2 is 2.27 bits per heavy atom. The molecule has 2 rings (SSSR count). The monoisotopic (exact) mass is 224 g/mol. The predicted molar refractivity (Wildman–Crippen MR) is 65.9 cm³/mol. The van der Waals surface area contributed by atoms with E-state index in [0.717, 1.165) is 12.6 Å². The van der Waals surface area contributed by atoms with Gasteiger partial charge in [-0.1, -0.05) is 6.92 Å². The van der Waals surface area contributed by atoms with E-state index in [-0.39, 0.29) is 0 Å². The molecule has 0 bridgehead atoms. The minimum absolute atomic E-state index is 0.682. The summed E-state index contributed by atoms with van der Waals surface area (Å²) in [5, 5.41) is 0. The summed E-state index contributed by atoms with van der Waals surface area (Å²) >= 11 is 1.87. The van der Waals surface area contributed by atoms with Crippen LogP contribution in [0.25, 0.3) is 0 Å². The second-order valence-electron chi connectivity index (χ2n) is 4.25. The highest BCUT2D eigenvalue weighted by molar-refractivity contribution is 7.11. The molecule has 1 fully saturated rings. The highest BCUT2D eigenvalue weighted by Crippen LogP contribution is 2.25. The van der Waals surface area contributed by atoms with Crippen LogP contribution in [0.5, 0.6) is 0 Å². The minimum Gasteiger partial charge on any atom is -0.326 e. The van der Waals surface area contributed by atoms with E-state index in [9.17, 15) is 0 Å². The molecule has 1 aromatic rings. The molecule has 2 nitrogen and oxygen atoms in total. The van der Waals surface area contributed by atoms with Gasteiger partial charge in [-0.15, -0.1) is 11.3 Å². The van der Waals surface area contributed by atoms with Crippen molar-refractivity contribution in [3.05, 3.63) is 21.9 Å². The van der Waals surface area contributed by atoms with Crippen molar-refractivity contribution < 1.29 is 0 Å². The maximum Gasteiger partial charge on any atom is 0.0330 e. The lowest BCUT2D eigenvalue weighted by molar-refractivity contribution is 0.242. The van der Waals surface area contributed by atoms with E-state index in [2.05, 4.69) is 24.0 Å². The molecule has 3 heteroatoms. The average molecular weight is 224 g/mol. The third-order valence-electron chi connectivity index (χ3n) is 3.25. The summed E-state index contributed by atoms with van der Waals surface area (Å²) in [6.07, 6.45) is 4.04. The second-order valence-corrected chi connectivity index (χ2v) is 5.50. The summed E-state index contributed by atoms with van der Waals surface area (Å²) in [5.74, 6) is 0. The van der Waals surface area contributed by atoms with Crippen LogP contribution >= 0.6 is 11.3 Å². The van der Waals surface area contributed by atoms with Crippen molar-refractivity contribution >= 4 is 11.3 Å². The first-order valence-corrected chi connectivity index (χ1v) is 6.67. The lowest BCUT2D eigenvalue weighted by atomic mass is 10.2. The van der Waals surface area contributed by atoms with Crippen molar-refractivity contribution in [1.82, 2.24) is 4.90 Å². The van der Waals surface area contributed by atoms with Crippen LogP contribution in [0, 0.1) is 0 Å². The van der Waals surface area contributed by atoms with Crippen molar-refractivity contribution in [3.8, 4) is 0 Å². The Bertz CT molecular complexity index is 308. The molecule has 2 heterocycles. The molecule has 0 aliphatic carbocycles. The van der Waals surface area contributed by atoms with E-state index in [1.807, 2.05) is 11.3 Å². The van der Waals surface area contributed by atoms with E-state index < -0.39 is 0 Å². The van der Waals surface area contributed by atoms with Gasteiger partial charge < -0.3 is 5.73 Å². The van der Waals surface area contributed by atoms with Crippen LogP contribution in [0.1, 0.15) is 35.9 Å². The van der Waals surface area contributed by atoms with Gasteiger partial charge in [0.05, 0.1) is 0 Å². The fraction of sp³-hybridized carbons (Fsp3) is 0.667. The van der Waals surface area contributed by atoms with Gasteiger partial charge in [-0.3, -0.25) is 4.90 Å². The molecule has 1 unspecified atom stereocenters. The second kappa shape index (κ2) is 5.10. The number of hydrogen-bond acceptors (Lipinski definition) is 3. The molecular weight excluding hydrogens is 204 g/mol. The van der Waals surface area contributed by atoms with Gasteiger partial charge >= 0.3 is 0 Å². The molecule has 0 radical (unpaired) electrons. The predicted octanol–water partition coefficient (Wildman–Crippen LogP) is 2.58. The first-order valence-electron chi connectivity index (χ1n) is 5.85. The topological polar surface area (TPSA) is 29.3 Å². The van der Waals surface area contributed by atoms with Crippen molar-refractivity contribution in [3.63, 3.8) is 0 Å². The van der Waals surface area contributed by atoms with E-state index in [0.29, 0.717) is 6.54 Å². The van der Waals surface area contributed by atoms with Crippen molar-refractivity contribution in [2.24, 2.45) is 5.73 Å². The first-order chi connectivity index (χ1) is 7.33. The maximum absolute atomic E-state index is 5.62. The number of rotatable bonds is 4. The standard InChI is InChI=1S/C12H20N2S/c1-2-10-4-3-7-14(10)9-12-6-5-11(8-13)15-12/h5-6,10H,2-4,7-9,13H2,1H3. The zero-order chi connectivity index (χ0) is 10.7. The van der Waals surface area contributed by atoms with E-state index in [1.165, 1.54) is 35.6 Å². The Kier molecular flexibility index (Phi) is 3.78. The van der Waals surface area contributed by atoms with E-state index in [1.54, 1.807) is 0 Å². The average Bonchev–Trinajstić information content (AvgIpc) is 2.87. The molecule has 15 heavy (non-hydrogen) atoms. The third kappa shape index (κ3) is 2.60. The normalized spacial score (nSPS) is 22.4. The molecule has 2 N–H and O–H groups in total. The number of thiophene rings is 1. The van der Waals surface area contributed by atoms with Crippen molar-refractivity contribution in [2.45, 2.75) is 45.3 Å². The number of likely N-dealkylation sites (tertiary alicyclic amines) is 1. The molecule has 1 aliphatic rings. The summed E-state index contributed by atoms with van der Waals surface area (Å²) in [5.41, 5.74) is 5.62. The number of nitrogens with two attached hydrogens (primary N) is 1. The third-order valence-corrected chi connectivity index (χ3v) is 4.34. The van der Waals surface area contributed by atoms with Gasteiger partial charge in [0.25, 0.3) is 0 Å². The Labute approximate surface area is 96.1 Å².